The summed E-state index contributed by atoms with van der Waals surface area (Å²) in [4.78, 5) is 10.1. The van der Waals surface area contributed by atoms with E-state index in [0.717, 1.165) is 0 Å². The van der Waals surface area contributed by atoms with E-state index in [-0.39, 0.29) is 12.3 Å². The SMILES string of the molecule is Nc1c[n+](CCCC(=O)O)no1. The molecule has 0 saturated carbocycles. The Morgan fingerprint density at radius 2 is 2.58 bits per heavy atom. The van der Waals surface area contributed by atoms with Gasteiger partial charge in [-0.05, 0) is 0 Å². The first-order valence-corrected chi connectivity index (χ1v) is 3.52. The molecular formula is C6H10N3O3+. The third-order valence-electron chi connectivity index (χ3n) is 1.31. The van der Waals surface area contributed by atoms with Crippen LogP contribution in [0, 0.1) is 0 Å². The van der Waals surface area contributed by atoms with Crippen LogP contribution >= 0.6 is 0 Å². The van der Waals surface area contributed by atoms with Crippen molar-refractivity contribution in [2.24, 2.45) is 0 Å². The molecule has 0 aromatic carbocycles. The maximum atomic E-state index is 10.1. The summed E-state index contributed by atoms with van der Waals surface area (Å²) >= 11 is 0. The number of nitrogens with two attached hydrogens (primary N) is 1. The van der Waals surface area contributed by atoms with Crippen LogP contribution in [0.25, 0.3) is 0 Å². The first-order valence-electron chi connectivity index (χ1n) is 3.52. The molecular weight excluding hydrogens is 162 g/mol. The highest BCUT2D eigenvalue weighted by Crippen LogP contribution is 1.92. The smallest absolute Gasteiger partial charge is 0.303 e. The fourth-order valence-electron chi connectivity index (χ4n) is 0.791. The molecule has 0 aliphatic heterocycles. The molecule has 12 heavy (non-hydrogen) atoms. The molecule has 3 N–H and O–H groups in total. The van der Waals surface area contributed by atoms with Gasteiger partial charge in [0, 0.05) is 6.42 Å². The molecule has 0 spiro atoms. The number of hydrogen-bond acceptors (Lipinski definition) is 4. The number of aromatic nitrogens is 2. The van der Waals surface area contributed by atoms with Crippen molar-refractivity contribution in [1.82, 2.24) is 5.27 Å². The predicted octanol–water partition coefficient (Wildman–Crippen LogP) is -0.591. The van der Waals surface area contributed by atoms with Gasteiger partial charge in [0.15, 0.2) is 6.54 Å². The summed E-state index contributed by atoms with van der Waals surface area (Å²) in [7, 11) is 0. The molecule has 66 valence electrons. The van der Waals surface area contributed by atoms with Gasteiger partial charge in [-0.1, -0.05) is 4.68 Å². The van der Waals surface area contributed by atoms with E-state index >= 15 is 0 Å². The average molecular weight is 172 g/mol. The van der Waals surface area contributed by atoms with Crippen molar-refractivity contribution < 1.29 is 19.1 Å². The first kappa shape index (κ1) is 8.51. The van der Waals surface area contributed by atoms with Crippen LogP contribution in [0.2, 0.25) is 0 Å². The van der Waals surface area contributed by atoms with E-state index in [1.807, 2.05) is 0 Å². The molecule has 1 rings (SSSR count). The first-order chi connectivity index (χ1) is 5.68. The van der Waals surface area contributed by atoms with Crippen molar-refractivity contribution in [3.05, 3.63) is 6.20 Å². The van der Waals surface area contributed by atoms with Crippen LogP contribution in [-0.4, -0.2) is 16.3 Å². The fourth-order valence-corrected chi connectivity index (χ4v) is 0.791. The largest absolute Gasteiger partial charge is 0.481 e. The zero-order chi connectivity index (χ0) is 8.97. The minimum absolute atomic E-state index is 0.125. The lowest BCUT2D eigenvalue weighted by Crippen LogP contribution is -2.34. The third-order valence-corrected chi connectivity index (χ3v) is 1.31. The molecule has 6 nitrogen and oxygen atoms in total. The summed E-state index contributed by atoms with van der Waals surface area (Å²) in [5.41, 5.74) is 5.24. The lowest BCUT2D eigenvalue weighted by Gasteiger charge is -1.86. The molecule has 1 heterocycles. The van der Waals surface area contributed by atoms with Crippen LogP contribution in [0.5, 0.6) is 0 Å². The van der Waals surface area contributed by atoms with E-state index < -0.39 is 5.97 Å². The highest BCUT2D eigenvalue weighted by atomic mass is 16.5. The van der Waals surface area contributed by atoms with Gasteiger partial charge in [-0.2, -0.15) is 0 Å². The van der Waals surface area contributed by atoms with Crippen LogP contribution < -0.4 is 10.4 Å². The molecule has 0 aliphatic carbocycles. The van der Waals surface area contributed by atoms with Crippen LogP contribution in [0.1, 0.15) is 12.8 Å². The standard InChI is InChI=1S/C6H9N3O3/c7-5-4-9(8-12-5)3-1-2-6(10)11/h4H,1-3H2,(H2-,7,8,10,11)/p+1. The van der Waals surface area contributed by atoms with Gasteiger partial charge in [-0.3, -0.25) is 9.32 Å². The van der Waals surface area contributed by atoms with E-state index in [4.69, 9.17) is 10.8 Å². The number of carboxylic acids is 1. The lowest BCUT2D eigenvalue weighted by molar-refractivity contribution is -0.762. The van der Waals surface area contributed by atoms with Crippen molar-refractivity contribution in [2.45, 2.75) is 19.4 Å². The quantitative estimate of drug-likeness (QED) is 0.592. The van der Waals surface area contributed by atoms with Gasteiger partial charge in [-0.15, -0.1) is 0 Å². The molecule has 6 heteroatoms. The van der Waals surface area contributed by atoms with Gasteiger partial charge >= 0.3 is 5.97 Å². The average Bonchev–Trinajstić information content (AvgIpc) is 2.35. The molecule has 0 radical (unpaired) electrons. The third kappa shape index (κ3) is 2.57. The number of aliphatic carboxylic acids is 1. The minimum atomic E-state index is -0.813. The monoisotopic (exact) mass is 172 g/mol. The number of hydrogen-bond donors (Lipinski definition) is 2. The van der Waals surface area contributed by atoms with Crippen molar-refractivity contribution in [3.63, 3.8) is 0 Å². The molecule has 0 aliphatic rings. The van der Waals surface area contributed by atoms with Crippen LogP contribution in [0.4, 0.5) is 5.88 Å². The Morgan fingerprint density at radius 3 is 3.08 bits per heavy atom. The Labute approximate surface area is 68.6 Å². The Bertz CT molecular complexity index is 271. The summed E-state index contributed by atoms with van der Waals surface area (Å²) in [5.74, 6) is -0.586. The molecule has 0 unspecified atom stereocenters. The van der Waals surface area contributed by atoms with Gasteiger partial charge in [-0.25, -0.2) is 0 Å². The number of nitrogens with zero attached hydrogens (tertiary/aromatic N) is 2. The molecule has 0 atom stereocenters. The molecule has 1 aromatic rings. The maximum absolute atomic E-state index is 10.1. The van der Waals surface area contributed by atoms with Crippen molar-refractivity contribution in [1.29, 1.82) is 0 Å². The van der Waals surface area contributed by atoms with Gasteiger partial charge < -0.3 is 10.8 Å². The second-order valence-corrected chi connectivity index (χ2v) is 2.36. The molecule has 0 fully saturated rings. The predicted molar refractivity (Wildman–Crippen MR) is 38.0 cm³/mol. The lowest BCUT2D eigenvalue weighted by atomic mass is 10.3. The van der Waals surface area contributed by atoms with E-state index in [2.05, 4.69) is 9.79 Å². The normalized spacial score (nSPS) is 10.0. The molecule has 0 saturated heterocycles. The van der Waals surface area contributed by atoms with Gasteiger partial charge in [0.05, 0.1) is 6.42 Å². The van der Waals surface area contributed by atoms with Crippen LogP contribution in [0.15, 0.2) is 10.7 Å². The van der Waals surface area contributed by atoms with E-state index in [0.29, 0.717) is 13.0 Å². The van der Waals surface area contributed by atoms with Gasteiger partial charge in [0.2, 0.25) is 5.27 Å². The Morgan fingerprint density at radius 1 is 1.83 bits per heavy atom. The van der Waals surface area contributed by atoms with Crippen LogP contribution in [0.3, 0.4) is 0 Å². The van der Waals surface area contributed by atoms with Crippen LogP contribution in [-0.2, 0) is 11.3 Å². The van der Waals surface area contributed by atoms with Gasteiger partial charge in [0.1, 0.15) is 0 Å². The minimum Gasteiger partial charge on any atom is -0.481 e. The Kier molecular flexibility index (Phi) is 2.62. The van der Waals surface area contributed by atoms with Gasteiger partial charge in [0.25, 0.3) is 12.1 Å². The Hall–Kier alpha value is -1.59. The molecule has 1 aromatic heterocycles. The highest BCUT2D eigenvalue weighted by molar-refractivity contribution is 5.66. The van der Waals surface area contributed by atoms with Crippen molar-refractivity contribution in [2.75, 3.05) is 5.73 Å². The number of carboxylic acid groups (broad SMARTS) is 1. The number of rotatable bonds is 4. The second-order valence-electron chi connectivity index (χ2n) is 2.36. The van der Waals surface area contributed by atoms with E-state index in [1.54, 1.807) is 0 Å². The number of aryl methyl sites for hydroxylation is 1. The number of nitrogen functional groups attached to an aromatic ring is 1. The summed E-state index contributed by atoms with van der Waals surface area (Å²) < 4.78 is 6.04. The zero-order valence-electron chi connectivity index (χ0n) is 6.43. The molecule has 0 bridgehead atoms. The zero-order valence-corrected chi connectivity index (χ0v) is 6.43. The summed E-state index contributed by atoms with van der Waals surface area (Å²) in [6.45, 7) is 0.507. The topological polar surface area (TPSA) is 93.2 Å². The highest BCUT2D eigenvalue weighted by Gasteiger charge is 2.08. The van der Waals surface area contributed by atoms with Crippen molar-refractivity contribution >= 4 is 11.9 Å². The Balaban J connectivity index is 2.29. The number of carbonyl (C=O) groups is 1. The fraction of sp³-hybridized carbons (Fsp3) is 0.500. The van der Waals surface area contributed by atoms with Crippen molar-refractivity contribution in [3.8, 4) is 0 Å². The summed E-state index contributed by atoms with van der Waals surface area (Å²) in [5, 5.41) is 11.9. The van der Waals surface area contributed by atoms with E-state index in [1.165, 1.54) is 10.9 Å². The second kappa shape index (κ2) is 3.70. The summed E-state index contributed by atoms with van der Waals surface area (Å²) in [6, 6.07) is 0. The maximum Gasteiger partial charge on any atom is 0.303 e. The molecule has 0 amide bonds. The summed E-state index contributed by atoms with van der Waals surface area (Å²) in [6.07, 6.45) is 2.16. The number of anilines is 1. The van der Waals surface area contributed by atoms with E-state index in [9.17, 15) is 4.79 Å².